The highest BCUT2D eigenvalue weighted by Gasteiger charge is 2.14. The maximum atomic E-state index is 10.7. The van der Waals surface area contributed by atoms with Gasteiger partial charge in [0.05, 0.1) is 0 Å². The summed E-state index contributed by atoms with van der Waals surface area (Å²) >= 11 is 0. The molecule has 4 rings (SSSR count). The molecule has 4 aromatic rings. The third-order valence-corrected chi connectivity index (χ3v) is 4.13. The van der Waals surface area contributed by atoms with Crippen LogP contribution in [0.25, 0.3) is 17.0 Å². The monoisotopic (exact) mass is 315 g/mol. The third-order valence-electron chi connectivity index (χ3n) is 4.13. The van der Waals surface area contributed by atoms with Crippen molar-refractivity contribution >= 4 is 5.65 Å². The Morgan fingerprint density at radius 3 is 2.50 bits per heavy atom. The fourth-order valence-corrected chi connectivity index (χ4v) is 2.89. The number of benzene rings is 2. The first-order valence-electron chi connectivity index (χ1n) is 7.87. The Morgan fingerprint density at radius 1 is 0.875 bits per heavy atom. The lowest BCUT2D eigenvalue weighted by Crippen LogP contribution is -2.02. The number of pyridine rings is 1. The van der Waals surface area contributed by atoms with Crippen molar-refractivity contribution in [2.75, 3.05) is 0 Å². The Bertz CT molecular complexity index is 992. The molecule has 1 atom stereocenters. The predicted molar refractivity (Wildman–Crippen MR) is 93.7 cm³/mol. The van der Waals surface area contributed by atoms with Gasteiger partial charge in [0.2, 0.25) is 0 Å². The van der Waals surface area contributed by atoms with E-state index in [0.717, 1.165) is 33.7 Å². The van der Waals surface area contributed by atoms with Gasteiger partial charge in [-0.3, -0.25) is 4.40 Å². The smallest absolute Gasteiger partial charge is 0.168 e. The van der Waals surface area contributed by atoms with E-state index in [9.17, 15) is 5.11 Å². The number of aliphatic hydroxyl groups excluding tert-OH is 1. The molecule has 118 valence electrons. The zero-order valence-electron chi connectivity index (χ0n) is 13.3. The molecule has 0 radical (unpaired) electrons. The van der Waals surface area contributed by atoms with Crippen molar-refractivity contribution in [2.24, 2.45) is 0 Å². The summed E-state index contributed by atoms with van der Waals surface area (Å²) in [6.07, 6.45) is 1.23. The van der Waals surface area contributed by atoms with Crippen LogP contribution < -0.4 is 0 Å². The highest BCUT2D eigenvalue weighted by molar-refractivity contribution is 5.59. The maximum Gasteiger partial charge on any atom is 0.168 e. The second-order valence-electron chi connectivity index (χ2n) is 5.90. The van der Waals surface area contributed by atoms with Crippen LogP contribution in [-0.2, 0) is 0 Å². The number of hydrogen-bond donors (Lipinski definition) is 1. The van der Waals surface area contributed by atoms with Crippen LogP contribution in [-0.4, -0.2) is 19.7 Å². The summed E-state index contributed by atoms with van der Waals surface area (Å²) in [6.45, 7) is 2.02. The largest absolute Gasteiger partial charge is 0.384 e. The minimum Gasteiger partial charge on any atom is -0.384 e. The van der Waals surface area contributed by atoms with Gasteiger partial charge in [0.25, 0.3) is 0 Å². The summed E-state index contributed by atoms with van der Waals surface area (Å²) in [6, 6.07) is 21.6. The van der Waals surface area contributed by atoms with E-state index in [1.807, 2.05) is 84.3 Å². The molecule has 1 unspecified atom stereocenters. The van der Waals surface area contributed by atoms with Crippen LogP contribution in [0.1, 0.15) is 22.8 Å². The molecular formula is C20H17N3O. The average molecular weight is 315 g/mol. The molecule has 0 bridgehead atoms. The number of fused-ring (bicyclic) bond motifs is 1. The van der Waals surface area contributed by atoms with Gasteiger partial charge in [0.15, 0.2) is 11.5 Å². The number of aryl methyl sites for hydroxylation is 1. The molecular weight excluding hydrogens is 298 g/mol. The molecule has 2 heterocycles. The second kappa shape index (κ2) is 5.91. The molecule has 0 amide bonds. The molecule has 24 heavy (non-hydrogen) atoms. The summed E-state index contributed by atoms with van der Waals surface area (Å²) in [5.41, 5.74) is 4.57. The van der Waals surface area contributed by atoms with Crippen LogP contribution in [0, 0.1) is 6.92 Å². The van der Waals surface area contributed by atoms with Crippen LogP contribution in [0.5, 0.6) is 0 Å². The highest BCUT2D eigenvalue weighted by atomic mass is 16.3. The van der Waals surface area contributed by atoms with Gasteiger partial charge in [-0.05, 0) is 18.6 Å². The van der Waals surface area contributed by atoms with Crippen molar-refractivity contribution < 1.29 is 5.11 Å². The van der Waals surface area contributed by atoms with E-state index in [4.69, 9.17) is 0 Å². The molecule has 0 saturated carbocycles. The summed E-state index contributed by atoms with van der Waals surface area (Å²) < 4.78 is 1.92. The lowest BCUT2D eigenvalue weighted by atomic mass is 10.0. The molecule has 2 aromatic heterocycles. The van der Waals surface area contributed by atoms with Gasteiger partial charge in [-0.2, -0.15) is 0 Å². The van der Waals surface area contributed by atoms with Crippen molar-refractivity contribution in [2.45, 2.75) is 13.0 Å². The van der Waals surface area contributed by atoms with Crippen LogP contribution >= 0.6 is 0 Å². The maximum absolute atomic E-state index is 10.7. The second-order valence-corrected chi connectivity index (χ2v) is 5.90. The van der Waals surface area contributed by atoms with E-state index >= 15 is 0 Å². The van der Waals surface area contributed by atoms with Crippen molar-refractivity contribution in [3.8, 4) is 11.4 Å². The Hall–Kier alpha value is -2.98. The minimum absolute atomic E-state index is 0.680. The zero-order chi connectivity index (χ0) is 16.5. The van der Waals surface area contributed by atoms with E-state index in [2.05, 4.69) is 10.2 Å². The fourth-order valence-electron chi connectivity index (χ4n) is 2.89. The minimum atomic E-state index is -0.680. The van der Waals surface area contributed by atoms with E-state index in [-0.39, 0.29) is 0 Å². The fraction of sp³-hybridized carbons (Fsp3) is 0.100. The first-order chi connectivity index (χ1) is 11.7. The Morgan fingerprint density at radius 2 is 1.71 bits per heavy atom. The highest BCUT2D eigenvalue weighted by Crippen LogP contribution is 2.25. The molecule has 2 aromatic carbocycles. The summed E-state index contributed by atoms with van der Waals surface area (Å²) in [4.78, 5) is 0. The van der Waals surface area contributed by atoms with E-state index in [1.54, 1.807) is 0 Å². The molecule has 0 saturated heterocycles. The Labute approximate surface area is 140 Å². The number of aromatic nitrogens is 3. The van der Waals surface area contributed by atoms with Gasteiger partial charge >= 0.3 is 0 Å². The summed E-state index contributed by atoms with van der Waals surface area (Å²) in [5.74, 6) is 0.767. The first-order valence-corrected chi connectivity index (χ1v) is 7.87. The molecule has 4 nitrogen and oxygen atoms in total. The standard InChI is InChI=1S/C20H17N3O/c1-14-6-5-9-16(12-14)19(24)17-10-11-18-21-22-20(23(18)13-17)15-7-3-2-4-8-15/h2-13,19,24H,1H3. The van der Waals surface area contributed by atoms with Gasteiger partial charge in [-0.1, -0.05) is 66.2 Å². The Kier molecular flexibility index (Phi) is 3.59. The topological polar surface area (TPSA) is 50.4 Å². The van der Waals surface area contributed by atoms with Gasteiger partial charge in [0, 0.05) is 17.3 Å². The predicted octanol–water partition coefficient (Wildman–Crippen LogP) is 3.79. The lowest BCUT2D eigenvalue weighted by Gasteiger charge is -2.13. The normalized spacial score (nSPS) is 12.4. The van der Waals surface area contributed by atoms with Crippen molar-refractivity contribution in [3.05, 3.63) is 89.6 Å². The molecule has 0 aliphatic heterocycles. The quantitative estimate of drug-likeness (QED) is 0.626. The van der Waals surface area contributed by atoms with E-state index < -0.39 is 6.10 Å². The molecule has 0 spiro atoms. The van der Waals surface area contributed by atoms with Crippen molar-refractivity contribution in [1.82, 2.24) is 14.6 Å². The molecule has 4 heteroatoms. The number of rotatable bonds is 3. The molecule has 0 aliphatic carbocycles. The van der Waals surface area contributed by atoms with E-state index in [1.165, 1.54) is 0 Å². The lowest BCUT2D eigenvalue weighted by molar-refractivity contribution is 0.219. The van der Waals surface area contributed by atoms with Crippen LogP contribution in [0.2, 0.25) is 0 Å². The van der Waals surface area contributed by atoms with Crippen molar-refractivity contribution in [1.29, 1.82) is 0 Å². The van der Waals surface area contributed by atoms with Crippen LogP contribution in [0.3, 0.4) is 0 Å². The molecule has 0 aliphatic rings. The Balaban J connectivity index is 1.80. The van der Waals surface area contributed by atoms with Crippen molar-refractivity contribution in [3.63, 3.8) is 0 Å². The van der Waals surface area contributed by atoms with Gasteiger partial charge in [-0.15, -0.1) is 10.2 Å². The third kappa shape index (κ3) is 2.57. The van der Waals surface area contributed by atoms with Crippen LogP contribution in [0.4, 0.5) is 0 Å². The van der Waals surface area contributed by atoms with Crippen LogP contribution in [0.15, 0.2) is 72.9 Å². The van der Waals surface area contributed by atoms with E-state index in [0.29, 0.717) is 0 Å². The number of aliphatic hydroxyl groups is 1. The summed E-state index contributed by atoms with van der Waals surface area (Å²) in [7, 11) is 0. The number of hydrogen-bond acceptors (Lipinski definition) is 3. The van der Waals surface area contributed by atoms with Gasteiger partial charge in [-0.25, -0.2) is 0 Å². The molecule has 1 N–H and O–H groups in total. The van der Waals surface area contributed by atoms with Gasteiger partial charge < -0.3 is 5.11 Å². The average Bonchev–Trinajstić information content (AvgIpc) is 3.05. The summed E-state index contributed by atoms with van der Waals surface area (Å²) in [5, 5.41) is 19.2. The number of nitrogens with zero attached hydrogens (tertiary/aromatic N) is 3. The van der Waals surface area contributed by atoms with Gasteiger partial charge in [0.1, 0.15) is 6.10 Å². The zero-order valence-corrected chi connectivity index (χ0v) is 13.3. The SMILES string of the molecule is Cc1cccc(C(O)c2ccc3nnc(-c4ccccc4)n3c2)c1. The first kappa shape index (κ1) is 14.6. The molecule has 0 fully saturated rings.